The predicted octanol–water partition coefficient (Wildman–Crippen LogP) is 3.92. The molecule has 2 heterocycles. The van der Waals surface area contributed by atoms with Gasteiger partial charge in [0.2, 0.25) is 0 Å². The fourth-order valence-corrected chi connectivity index (χ4v) is 4.72. The monoisotopic (exact) mass is 471 g/mol. The molecule has 0 unspecified atom stereocenters. The predicted molar refractivity (Wildman–Crippen MR) is 128 cm³/mol. The molecule has 9 heteroatoms. The molecule has 1 aromatic carbocycles. The normalized spacial score (nSPS) is 12.2. The van der Waals surface area contributed by atoms with Gasteiger partial charge in [-0.2, -0.15) is 0 Å². The van der Waals surface area contributed by atoms with Crippen molar-refractivity contribution in [1.29, 1.82) is 0 Å². The number of carbonyl (C=O) groups is 2. The number of Topliss-reactive ketones (excluding diaryl/α,β-unsaturated/α-hetero) is 1. The molecule has 3 aromatic rings. The van der Waals surface area contributed by atoms with Gasteiger partial charge in [-0.15, -0.1) is 0 Å². The Morgan fingerprint density at radius 1 is 1.24 bits per heavy atom. The summed E-state index contributed by atoms with van der Waals surface area (Å²) in [6.07, 6.45) is 0.654. The lowest BCUT2D eigenvalue weighted by Crippen LogP contribution is -2.26. The Bertz CT molecular complexity index is 1230. The standard InChI is InChI=1S/C24H29N3O5S/c1-6-32-13-9-12-27-22(29)17-10-7-8-11-18(17)26-24(27)33-16(4)21(28)20-14(2)19(15(3)25-20)23(30)31-5/h7-8,10-11,16,25H,6,9,12-13H2,1-5H3/t16-/m1/s1. The van der Waals surface area contributed by atoms with Crippen molar-refractivity contribution in [2.75, 3.05) is 20.3 Å². The van der Waals surface area contributed by atoms with E-state index in [9.17, 15) is 14.4 Å². The topological polar surface area (TPSA) is 103 Å². The zero-order chi connectivity index (χ0) is 24.1. The van der Waals surface area contributed by atoms with E-state index in [-0.39, 0.29) is 11.3 Å². The number of aryl methyl sites for hydroxylation is 1. The molecule has 0 fully saturated rings. The molecule has 0 spiro atoms. The van der Waals surface area contributed by atoms with Crippen molar-refractivity contribution in [3.63, 3.8) is 0 Å². The summed E-state index contributed by atoms with van der Waals surface area (Å²) >= 11 is 1.23. The van der Waals surface area contributed by atoms with E-state index in [1.165, 1.54) is 18.9 Å². The van der Waals surface area contributed by atoms with Gasteiger partial charge in [-0.3, -0.25) is 14.2 Å². The summed E-state index contributed by atoms with van der Waals surface area (Å²) in [5, 5.41) is 0.472. The maximum absolute atomic E-state index is 13.3. The number of aromatic nitrogens is 3. The minimum Gasteiger partial charge on any atom is -0.465 e. The number of hydrogen-bond acceptors (Lipinski definition) is 7. The highest BCUT2D eigenvalue weighted by Crippen LogP contribution is 2.28. The van der Waals surface area contributed by atoms with Gasteiger partial charge >= 0.3 is 5.97 Å². The van der Waals surface area contributed by atoms with Crippen LogP contribution >= 0.6 is 11.8 Å². The number of fused-ring (bicyclic) bond motifs is 1. The number of ether oxygens (including phenoxy) is 2. The zero-order valence-corrected chi connectivity index (χ0v) is 20.4. The molecule has 0 radical (unpaired) electrons. The second-order valence-electron chi connectivity index (χ2n) is 7.66. The van der Waals surface area contributed by atoms with E-state index in [0.717, 1.165) is 0 Å². The minimum atomic E-state index is -0.543. The summed E-state index contributed by atoms with van der Waals surface area (Å²) < 4.78 is 11.9. The average Bonchev–Trinajstić information content (AvgIpc) is 3.11. The highest BCUT2D eigenvalue weighted by molar-refractivity contribution is 8.00. The Morgan fingerprint density at radius 3 is 2.67 bits per heavy atom. The van der Waals surface area contributed by atoms with Gasteiger partial charge in [0.25, 0.3) is 5.56 Å². The van der Waals surface area contributed by atoms with E-state index < -0.39 is 11.2 Å². The number of esters is 1. The summed E-state index contributed by atoms with van der Waals surface area (Å²) in [7, 11) is 1.31. The maximum Gasteiger partial charge on any atom is 0.339 e. The molecule has 176 valence electrons. The third kappa shape index (κ3) is 5.20. The molecule has 0 bridgehead atoms. The molecule has 0 aliphatic rings. The fourth-order valence-electron chi connectivity index (χ4n) is 3.72. The number of benzene rings is 1. The van der Waals surface area contributed by atoms with Gasteiger partial charge in [0.1, 0.15) is 0 Å². The third-order valence-electron chi connectivity index (χ3n) is 5.43. The fraction of sp³-hybridized carbons (Fsp3) is 0.417. The Morgan fingerprint density at radius 2 is 1.97 bits per heavy atom. The van der Waals surface area contributed by atoms with E-state index in [1.807, 2.05) is 19.1 Å². The number of aromatic amines is 1. The lowest BCUT2D eigenvalue weighted by molar-refractivity contribution is 0.0599. The molecule has 0 saturated carbocycles. The van der Waals surface area contributed by atoms with Crippen LogP contribution in [-0.2, 0) is 16.0 Å². The number of hydrogen-bond donors (Lipinski definition) is 1. The number of rotatable bonds is 10. The molecule has 8 nitrogen and oxygen atoms in total. The largest absolute Gasteiger partial charge is 0.465 e. The highest BCUT2D eigenvalue weighted by atomic mass is 32.2. The molecular formula is C24H29N3O5S. The summed E-state index contributed by atoms with van der Waals surface area (Å²) in [5.41, 5.74) is 2.31. The van der Waals surface area contributed by atoms with Crippen LogP contribution in [0.25, 0.3) is 10.9 Å². The Hall–Kier alpha value is -2.91. The van der Waals surface area contributed by atoms with Crippen molar-refractivity contribution in [2.45, 2.75) is 51.1 Å². The number of nitrogens with zero attached hydrogens (tertiary/aromatic N) is 2. The van der Waals surface area contributed by atoms with Crippen molar-refractivity contribution in [2.24, 2.45) is 0 Å². The quantitative estimate of drug-likeness (QED) is 0.157. The van der Waals surface area contributed by atoms with Crippen LogP contribution in [0.1, 0.15) is 52.4 Å². The van der Waals surface area contributed by atoms with Gasteiger partial charge in [0, 0.05) is 25.5 Å². The maximum atomic E-state index is 13.3. The summed E-state index contributed by atoms with van der Waals surface area (Å²) in [6, 6.07) is 7.19. The molecule has 0 aliphatic carbocycles. The van der Waals surface area contributed by atoms with E-state index in [4.69, 9.17) is 9.47 Å². The molecule has 2 aromatic heterocycles. The minimum absolute atomic E-state index is 0.140. The van der Waals surface area contributed by atoms with Gasteiger partial charge in [0.05, 0.1) is 34.5 Å². The SMILES string of the molecule is CCOCCCn1c(S[C@H](C)C(=O)c2[nH]c(C)c(C(=O)OC)c2C)nc2ccccc2c1=O. The molecule has 1 N–H and O–H groups in total. The van der Waals surface area contributed by atoms with Crippen LogP contribution in [0.15, 0.2) is 34.2 Å². The van der Waals surface area contributed by atoms with Crippen LogP contribution in [0.5, 0.6) is 0 Å². The van der Waals surface area contributed by atoms with Crippen LogP contribution in [0.3, 0.4) is 0 Å². The van der Waals surface area contributed by atoms with Crippen LogP contribution in [0, 0.1) is 13.8 Å². The van der Waals surface area contributed by atoms with Gasteiger partial charge in [-0.05, 0) is 51.8 Å². The summed E-state index contributed by atoms with van der Waals surface area (Å²) in [6.45, 7) is 8.73. The van der Waals surface area contributed by atoms with Crippen molar-refractivity contribution >= 4 is 34.4 Å². The van der Waals surface area contributed by atoms with Crippen molar-refractivity contribution in [1.82, 2.24) is 14.5 Å². The number of H-pyrrole nitrogens is 1. The number of ketones is 1. The average molecular weight is 472 g/mol. The Labute approximate surface area is 196 Å². The second kappa shape index (κ2) is 10.8. The first-order valence-electron chi connectivity index (χ1n) is 10.9. The highest BCUT2D eigenvalue weighted by Gasteiger charge is 2.27. The zero-order valence-electron chi connectivity index (χ0n) is 19.6. The Balaban J connectivity index is 1.94. The number of nitrogens with one attached hydrogen (secondary N) is 1. The summed E-state index contributed by atoms with van der Waals surface area (Å²) in [5.74, 6) is -0.668. The number of para-hydroxylation sites is 1. The number of thioether (sulfide) groups is 1. The van der Waals surface area contributed by atoms with E-state index >= 15 is 0 Å². The molecule has 0 saturated heterocycles. The first kappa shape index (κ1) is 24.7. The van der Waals surface area contributed by atoms with Gasteiger partial charge in [0.15, 0.2) is 10.9 Å². The molecular weight excluding hydrogens is 442 g/mol. The van der Waals surface area contributed by atoms with E-state index in [0.29, 0.717) is 64.8 Å². The molecule has 0 amide bonds. The first-order valence-corrected chi connectivity index (χ1v) is 11.7. The van der Waals surface area contributed by atoms with E-state index in [2.05, 4.69) is 9.97 Å². The van der Waals surface area contributed by atoms with Crippen molar-refractivity contribution in [3.8, 4) is 0 Å². The Kier molecular flexibility index (Phi) is 8.10. The molecule has 3 rings (SSSR count). The number of methoxy groups -OCH3 is 1. The van der Waals surface area contributed by atoms with Gasteiger partial charge in [-0.25, -0.2) is 9.78 Å². The van der Waals surface area contributed by atoms with E-state index in [1.54, 1.807) is 37.5 Å². The number of carbonyl (C=O) groups excluding carboxylic acids is 2. The lowest BCUT2D eigenvalue weighted by atomic mass is 10.1. The third-order valence-corrected chi connectivity index (χ3v) is 6.52. The van der Waals surface area contributed by atoms with Crippen LogP contribution in [0.4, 0.5) is 0 Å². The summed E-state index contributed by atoms with van der Waals surface area (Å²) in [4.78, 5) is 46.2. The first-order chi connectivity index (χ1) is 15.8. The smallest absolute Gasteiger partial charge is 0.339 e. The molecule has 0 aliphatic heterocycles. The van der Waals surface area contributed by atoms with Crippen LogP contribution in [-0.4, -0.2) is 51.9 Å². The van der Waals surface area contributed by atoms with Gasteiger partial charge in [-0.1, -0.05) is 23.9 Å². The molecule has 33 heavy (non-hydrogen) atoms. The lowest BCUT2D eigenvalue weighted by Gasteiger charge is -2.16. The molecule has 1 atom stereocenters. The van der Waals surface area contributed by atoms with Crippen molar-refractivity contribution < 1.29 is 19.1 Å². The van der Waals surface area contributed by atoms with Crippen molar-refractivity contribution in [3.05, 3.63) is 57.1 Å². The second-order valence-corrected chi connectivity index (χ2v) is 8.97. The van der Waals surface area contributed by atoms with Gasteiger partial charge < -0.3 is 14.5 Å². The van der Waals surface area contributed by atoms with Crippen LogP contribution < -0.4 is 5.56 Å². The van der Waals surface area contributed by atoms with Crippen LogP contribution in [0.2, 0.25) is 0 Å².